The van der Waals surface area contributed by atoms with Crippen LogP contribution >= 0.6 is 11.6 Å². The number of benzene rings is 6. The lowest BCUT2D eigenvalue weighted by Gasteiger charge is -2.24. The molecule has 0 amide bonds. The lowest BCUT2D eigenvalue weighted by atomic mass is 9.81. The van der Waals surface area contributed by atoms with Crippen molar-refractivity contribution in [2.24, 2.45) is 0 Å². The fourth-order valence-corrected chi connectivity index (χ4v) is 8.55. The number of halogens is 3. The molecule has 0 unspecified atom stereocenters. The topological polar surface area (TPSA) is 101 Å². The summed E-state index contributed by atoms with van der Waals surface area (Å²) in [6.45, 7) is 29.1. The summed E-state index contributed by atoms with van der Waals surface area (Å²) < 4.78 is 55.9. The van der Waals surface area contributed by atoms with E-state index in [1.54, 1.807) is 76.6 Å². The van der Waals surface area contributed by atoms with Crippen LogP contribution in [0.1, 0.15) is 127 Å². The van der Waals surface area contributed by atoms with Gasteiger partial charge in [-0.15, -0.1) is 11.6 Å². The van der Waals surface area contributed by atoms with E-state index >= 15 is 0 Å². The number of aromatic hydroxyl groups is 1. The molecular formula is C64H75ClF2O8. The molecule has 0 aliphatic heterocycles. The summed E-state index contributed by atoms with van der Waals surface area (Å²) >= 11 is 5.93. The number of rotatable bonds is 18. The molecule has 0 saturated carbocycles. The van der Waals surface area contributed by atoms with E-state index in [0.717, 1.165) is 55.7 Å². The SMILES string of the molecule is C=C(C)[C@@H](CC(=O)OCC)c1ccc(O)cc1.C=C(C)[C@@H](CC(=O)OCC)c1ccc(OCc2ccc(C(C)(C)C)c(-c3cc(OC)ccc3F)c2)cc1.COc1ccc(F)c(-c2cc(CCl)ccc2C(C)(C)C)c1. The standard InChI is InChI=1S/C32H37FO4.C18H20ClFO.C14H18O3/c1-8-36-31(34)19-26(21(2)3)23-10-12-24(13-11-23)37-20-22-9-15-29(32(4,5)6)27(17-22)28-18-25(35-7)14-16-30(28)33;1-18(2,3)16-7-5-12(11-19)9-14(16)15-10-13(21-4)6-8-17(15)20;1-4-17-14(16)9-13(10(2)3)11-5-7-12(15)8-6-11/h9-18,26H,2,8,19-20H2,1,3-7H3;5-10H,11H2,1-4H3;5-8,13,15H,2,4,9H2,1,3H3/t26-;;13-/m1.1/s1. The third kappa shape index (κ3) is 17.9. The number of hydrogen-bond donors (Lipinski definition) is 1. The summed E-state index contributed by atoms with van der Waals surface area (Å²) in [5.74, 6) is 1.38. The van der Waals surface area contributed by atoms with Crippen LogP contribution in [0.25, 0.3) is 22.3 Å². The largest absolute Gasteiger partial charge is 0.508 e. The molecule has 0 fully saturated rings. The average molecular weight is 1050 g/mol. The molecule has 6 rings (SSSR count). The van der Waals surface area contributed by atoms with Gasteiger partial charge in [-0.2, -0.15) is 0 Å². The van der Waals surface area contributed by atoms with Gasteiger partial charge >= 0.3 is 11.9 Å². The zero-order valence-corrected chi connectivity index (χ0v) is 46.6. The maximum atomic E-state index is 14.9. The molecule has 0 bridgehead atoms. The number of allylic oxidation sites excluding steroid dienone is 2. The maximum Gasteiger partial charge on any atom is 0.306 e. The molecule has 400 valence electrons. The first kappa shape index (κ1) is 60.6. The van der Waals surface area contributed by atoms with Crippen molar-refractivity contribution in [2.75, 3.05) is 27.4 Å². The van der Waals surface area contributed by atoms with E-state index in [4.69, 9.17) is 35.3 Å². The van der Waals surface area contributed by atoms with Crippen LogP contribution in [-0.4, -0.2) is 44.5 Å². The van der Waals surface area contributed by atoms with Gasteiger partial charge in [0.15, 0.2) is 0 Å². The van der Waals surface area contributed by atoms with Crippen LogP contribution in [0.15, 0.2) is 146 Å². The van der Waals surface area contributed by atoms with Crippen molar-refractivity contribution in [1.29, 1.82) is 0 Å². The second kappa shape index (κ2) is 28.1. The molecular weight excluding hydrogens is 970 g/mol. The zero-order valence-electron chi connectivity index (χ0n) is 45.8. The van der Waals surface area contributed by atoms with Gasteiger partial charge in [0.2, 0.25) is 0 Å². The second-order valence-electron chi connectivity index (χ2n) is 20.4. The van der Waals surface area contributed by atoms with Gasteiger partial charge in [-0.25, -0.2) is 8.78 Å². The Kier molecular flexibility index (Phi) is 22.7. The first-order chi connectivity index (χ1) is 35.4. The highest BCUT2D eigenvalue weighted by Crippen LogP contribution is 2.39. The van der Waals surface area contributed by atoms with Gasteiger partial charge < -0.3 is 28.8 Å². The summed E-state index contributed by atoms with van der Waals surface area (Å²) in [6, 6.07) is 36.1. The van der Waals surface area contributed by atoms with E-state index in [2.05, 4.69) is 54.7 Å². The smallest absolute Gasteiger partial charge is 0.306 e. The van der Waals surface area contributed by atoms with E-state index < -0.39 is 0 Å². The van der Waals surface area contributed by atoms with Crippen molar-refractivity contribution >= 4 is 23.5 Å². The highest BCUT2D eigenvalue weighted by Gasteiger charge is 2.24. The van der Waals surface area contributed by atoms with Crippen LogP contribution in [0.3, 0.4) is 0 Å². The highest BCUT2D eigenvalue weighted by atomic mass is 35.5. The number of ether oxygens (including phenoxy) is 5. The number of carbonyl (C=O) groups excluding carboxylic acids is 2. The van der Waals surface area contributed by atoms with Crippen molar-refractivity contribution in [3.8, 4) is 45.3 Å². The van der Waals surface area contributed by atoms with Crippen LogP contribution < -0.4 is 14.2 Å². The number of carbonyl (C=O) groups is 2. The number of phenols is 1. The van der Waals surface area contributed by atoms with E-state index in [1.807, 2.05) is 74.5 Å². The molecule has 0 aromatic heterocycles. The van der Waals surface area contributed by atoms with E-state index in [1.165, 1.54) is 12.1 Å². The van der Waals surface area contributed by atoms with E-state index in [9.17, 15) is 23.5 Å². The molecule has 0 saturated heterocycles. The van der Waals surface area contributed by atoms with Crippen molar-refractivity contribution in [3.05, 3.63) is 191 Å². The normalized spacial score (nSPS) is 11.9. The molecule has 11 heteroatoms. The Morgan fingerprint density at radius 2 is 0.947 bits per heavy atom. The Morgan fingerprint density at radius 3 is 1.32 bits per heavy atom. The molecule has 0 aliphatic rings. The highest BCUT2D eigenvalue weighted by molar-refractivity contribution is 6.17. The predicted octanol–water partition coefficient (Wildman–Crippen LogP) is 16.5. The Hall–Kier alpha value is -6.91. The number of esters is 2. The summed E-state index contributed by atoms with van der Waals surface area (Å²) in [4.78, 5) is 23.5. The second-order valence-corrected chi connectivity index (χ2v) is 20.6. The van der Waals surface area contributed by atoms with Gasteiger partial charge in [-0.05, 0) is 156 Å². The lowest BCUT2D eigenvalue weighted by Crippen LogP contribution is -2.13. The Balaban J connectivity index is 0.000000269. The Morgan fingerprint density at radius 1 is 0.560 bits per heavy atom. The summed E-state index contributed by atoms with van der Waals surface area (Å²) in [5.41, 5.74) is 10.3. The van der Waals surface area contributed by atoms with Crippen LogP contribution in [0.4, 0.5) is 8.78 Å². The van der Waals surface area contributed by atoms with Gasteiger partial charge in [0.25, 0.3) is 0 Å². The van der Waals surface area contributed by atoms with Gasteiger partial charge in [-0.3, -0.25) is 9.59 Å². The van der Waals surface area contributed by atoms with Crippen LogP contribution in [0.5, 0.6) is 23.0 Å². The molecule has 0 spiro atoms. The van der Waals surface area contributed by atoms with E-state index in [-0.39, 0.29) is 64.8 Å². The van der Waals surface area contributed by atoms with Gasteiger partial charge in [-0.1, -0.05) is 114 Å². The summed E-state index contributed by atoms with van der Waals surface area (Å²) in [5, 5.41) is 9.23. The van der Waals surface area contributed by atoms with Gasteiger partial charge in [0, 0.05) is 28.8 Å². The number of alkyl halides is 1. The van der Waals surface area contributed by atoms with Crippen molar-refractivity contribution in [2.45, 2.75) is 117 Å². The van der Waals surface area contributed by atoms with Crippen LogP contribution in [-0.2, 0) is 42.4 Å². The van der Waals surface area contributed by atoms with Gasteiger partial charge in [0.05, 0.1) is 40.3 Å². The van der Waals surface area contributed by atoms with Crippen LogP contribution in [0, 0.1) is 11.6 Å². The maximum absolute atomic E-state index is 14.9. The Labute approximate surface area is 449 Å². The number of hydrogen-bond acceptors (Lipinski definition) is 8. The minimum atomic E-state index is -0.296. The molecule has 2 atom stereocenters. The minimum Gasteiger partial charge on any atom is -0.508 e. The first-order valence-corrected chi connectivity index (χ1v) is 25.6. The number of phenolic OH excluding ortho intramolecular Hbond substituents is 1. The quantitative estimate of drug-likeness (QED) is 0.0516. The van der Waals surface area contributed by atoms with Gasteiger partial charge in [0.1, 0.15) is 41.2 Å². The summed E-state index contributed by atoms with van der Waals surface area (Å²) in [6.07, 6.45) is 0.543. The molecule has 75 heavy (non-hydrogen) atoms. The minimum absolute atomic E-state index is 0.0605. The molecule has 0 heterocycles. The average Bonchev–Trinajstić information content (AvgIpc) is 3.37. The molecule has 8 nitrogen and oxygen atoms in total. The fourth-order valence-electron chi connectivity index (χ4n) is 8.38. The fraction of sp³-hybridized carbons (Fsp3) is 0.344. The molecule has 0 radical (unpaired) electrons. The van der Waals surface area contributed by atoms with Crippen molar-refractivity contribution in [3.63, 3.8) is 0 Å². The molecule has 6 aromatic carbocycles. The van der Waals surface area contributed by atoms with Crippen LogP contribution in [0.2, 0.25) is 0 Å². The first-order valence-electron chi connectivity index (χ1n) is 25.1. The molecule has 0 aliphatic carbocycles. The Bertz CT molecular complexity index is 2860. The molecule has 1 N–H and O–H groups in total. The number of methoxy groups -OCH3 is 2. The zero-order chi connectivity index (χ0) is 55.6. The summed E-state index contributed by atoms with van der Waals surface area (Å²) in [7, 11) is 3.16. The predicted molar refractivity (Wildman–Crippen MR) is 300 cm³/mol. The van der Waals surface area contributed by atoms with Crippen molar-refractivity contribution in [1.82, 2.24) is 0 Å². The monoisotopic (exact) mass is 1040 g/mol. The third-order valence-electron chi connectivity index (χ3n) is 12.4. The van der Waals surface area contributed by atoms with E-state index in [0.29, 0.717) is 54.1 Å². The van der Waals surface area contributed by atoms with Crippen molar-refractivity contribution < 1.29 is 47.2 Å². The third-order valence-corrected chi connectivity index (χ3v) is 12.7. The lowest BCUT2D eigenvalue weighted by molar-refractivity contribution is -0.144. The molecule has 6 aromatic rings.